The van der Waals surface area contributed by atoms with Crippen LogP contribution in [-0.2, 0) is 6.54 Å². The van der Waals surface area contributed by atoms with Gasteiger partial charge in [-0.25, -0.2) is 4.39 Å². The molecule has 1 aliphatic rings. The fourth-order valence-corrected chi connectivity index (χ4v) is 2.41. The van der Waals surface area contributed by atoms with E-state index in [1.807, 2.05) is 0 Å². The van der Waals surface area contributed by atoms with Crippen molar-refractivity contribution >= 4 is 11.6 Å². The van der Waals surface area contributed by atoms with Crippen molar-refractivity contribution < 1.29 is 4.39 Å². The second-order valence-corrected chi connectivity index (χ2v) is 5.49. The molecule has 19 heavy (non-hydrogen) atoms. The topological polar surface area (TPSA) is 18.5 Å². The average Bonchev–Trinajstić information content (AvgIpc) is 2.40. The Morgan fingerprint density at radius 1 is 1.26 bits per heavy atom. The van der Waals surface area contributed by atoms with Crippen LogP contribution in [0.3, 0.4) is 0 Å². The summed E-state index contributed by atoms with van der Waals surface area (Å²) in [6, 6.07) is 4.67. The number of likely N-dealkylation sites (N-methyl/N-ethyl adjacent to an activating group) is 1. The first-order valence-corrected chi connectivity index (χ1v) is 7.08. The Morgan fingerprint density at radius 2 is 2.00 bits per heavy atom. The number of benzene rings is 1. The SMILES string of the molecule is CN1CCN(CCNCc2cc(Cl)ccc2F)CC1. The van der Waals surface area contributed by atoms with Gasteiger partial charge in [-0.1, -0.05) is 11.6 Å². The van der Waals surface area contributed by atoms with Gasteiger partial charge in [0, 0.05) is 56.4 Å². The van der Waals surface area contributed by atoms with Gasteiger partial charge >= 0.3 is 0 Å². The molecule has 0 aliphatic carbocycles. The predicted molar refractivity (Wildman–Crippen MR) is 77.1 cm³/mol. The van der Waals surface area contributed by atoms with Gasteiger partial charge in [-0.05, 0) is 25.2 Å². The molecular formula is C14H21ClFN3. The molecule has 3 nitrogen and oxygen atoms in total. The summed E-state index contributed by atoms with van der Waals surface area (Å²) >= 11 is 5.86. The second-order valence-electron chi connectivity index (χ2n) is 5.06. The third-order valence-corrected chi connectivity index (χ3v) is 3.76. The Balaban J connectivity index is 1.68. The number of piperazine rings is 1. The molecule has 1 N–H and O–H groups in total. The maximum Gasteiger partial charge on any atom is 0.127 e. The molecule has 0 saturated carbocycles. The number of hydrogen-bond acceptors (Lipinski definition) is 3. The molecule has 106 valence electrons. The molecule has 0 aromatic heterocycles. The van der Waals surface area contributed by atoms with Crippen LogP contribution in [0.1, 0.15) is 5.56 Å². The minimum absolute atomic E-state index is 0.198. The van der Waals surface area contributed by atoms with E-state index in [-0.39, 0.29) is 5.82 Å². The van der Waals surface area contributed by atoms with E-state index in [2.05, 4.69) is 22.2 Å². The zero-order chi connectivity index (χ0) is 13.7. The molecule has 0 unspecified atom stereocenters. The van der Waals surface area contributed by atoms with Gasteiger partial charge < -0.3 is 10.2 Å². The highest BCUT2D eigenvalue weighted by molar-refractivity contribution is 6.30. The zero-order valence-corrected chi connectivity index (χ0v) is 12.1. The summed E-state index contributed by atoms with van der Waals surface area (Å²) in [5.41, 5.74) is 0.630. The second kappa shape index (κ2) is 7.20. The van der Waals surface area contributed by atoms with Crippen molar-refractivity contribution in [2.75, 3.05) is 46.3 Å². The third-order valence-electron chi connectivity index (χ3n) is 3.52. The van der Waals surface area contributed by atoms with E-state index in [1.54, 1.807) is 12.1 Å². The van der Waals surface area contributed by atoms with E-state index in [0.29, 0.717) is 17.1 Å². The smallest absolute Gasteiger partial charge is 0.127 e. The first kappa shape index (κ1) is 14.7. The molecular weight excluding hydrogens is 265 g/mol. The highest BCUT2D eigenvalue weighted by Crippen LogP contribution is 2.14. The Bertz CT molecular complexity index is 406. The van der Waals surface area contributed by atoms with Crippen molar-refractivity contribution in [1.82, 2.24) is 15.1 Å². The molecule has 0 atom stereocenters. The summed E-state index contributed by atoms with van der Waals surface area (Å²) < 4.78 is 13.5. The lowest BCUT2D eigenvalue weighted by Gasteiger charge is -2.32. The Morgan fingerprint density at radius 3 is 2.74 bits per heavy atom. The average molecular weight is 286 g/mol. The largest absolute Gasteiger partial charge is 0.311 e. The lowest BCUT2D eigenvalue weighted by Crippen LogP contribution is -2.46. The van der Waals surface area contributed by atoms with Crippen molar-refractivity contribution in [2.45, 2.75) is 6.54 Å². The van der Waals surface area contributed by atoms with E-state index >= 15 is 0 Å². The summed E-state index contributed by atoms with van der Waals surface area (Å²) in [5, 5.41) is 3.86. The van der Waals surface area contributed by atoms with Crippen molar-refractivity contribution in [3.63, 3.8) is 0 Å². The molecule has 1 aromatic carbocycles. The first-order valence-electron chi connectivity index (χ1n) is 6.71. The van der Waals surface area contributed by atoms with E-state index in [9.17, 15) is 4.39 Å². The van der Waals surface area contributed by atoms with Gasteiger partial charge in [-0.3, -0.25) is 4.90 Å². The van der Waals surface area contributed by atoms with Gasteiger partial charge in [0.2, 0.25) is 0 Å². The minimum Gasteiger partial charge on any atom is -0.311 e. The molecule has 1 aromatic rings. The lowest BCUT2D eigenvalue weighted by molar-refractivity contribution is 0.154. The maximum absolute atomic E-state index is 13.5. The predicted octanol–water partition coefficient (Wildman–Crippen LogP) is 1.82. The number of halogens is 2. The van der Waals surface area contributed by atoms with Crippen LogP contribution < -0.4 is 5.32 Å². The molecule has 0 radical (unpaired) electrons. The van der Waals surface area contributed by atoms with Gasteiger partial charge in [-0.2, -0.15) is 0 Å². The van der Waals surface area contributed by atoms with Crippen molar-refractivity contribution in [2.24, 2.45) is 0 Å². The van der Waals surface area contributed by atoms with E-state index in [1.165, 1.54) is 6.07 Å². The van der Waals surface area contributed by atoms with Crippen LogP contribution in [0.2, 0.25) is 5.02 Å². The van der Waals surface area contributed by atoms with E-state index in [4.69, 9.17) is 11.6 Å². The number of nitrogens with zero attached hydrogens (tertiary/aromatic N) is 2. The molecule has 2 rings (SSSR count). The minimum atomic E-state index is -0.198. The van der Waals surface area contributed by atoms with Crippen LogP contribution in [0.25, 0.3) is 0 Å². The summed E-state index contributed by atoms with van der Waals surface area (Å²) in [4.78, 5) is 4.77. The van der Waals surface area contributed by atoms with Gasteiger partial charge in [0.25, 0.3) is 0 Å². The molecule has 0 spiro atoms. The fourth-order valence-electron chi connectivity index (χ4n) is 2.21. The first-order chi connectivity index (χ1) is 9.15. The molecule has 1 saturated heterocycles. The van der Waals surface area contributed by atoms with E-state index < -0.39 is 0 Å². The summed E-state index contributed by atoms with van der Waals surface area (Å²) in [6.45, 7) is 6.89. The Labute approximate surface area is 119 Å². The highest BCUT2D eigenvalue weighted by Gasteiger charge is 2.12. The van der Waals surface area contributed by atoms with Crippen LogP contribution in [0.5, 0.6) is 0 Å². The summed E-state index contributed by atoms with van der Waals surface area (Å²) in [7, 11) is 2.15. The van der Waals surface area contributed by atoms with E-state index in [0.717, 1.165) is 39.3 Å². The van der Waals surface area contributed by atoms with Crippen molar-refractivity contribution in [1.29, 1.82) is 0 Å². The molecule has 1 aliphatic heterocycles. The standard InChI is InChI=1S/C14H21ClFN3/c1-18-6-8-19(9-7-18)5-4-17-11-12-10-13(15)2-3-14(12)16/h2-3,10,17H,4-9,11H2,1H3. The fraction of sp³-hybridized carbons (Fsp3) is 0.571. The molecule has 0 amide bonds. The molecule has 5 heteroatoms. The molecule has 1 heterocycles. The normalized spacial score (nSPS) is 17.8. The summed E-state index contributed by atoms with van der Waals surface area (Å²) in [5.74, 6) is -0.198. The van der Waals surface area contributed by atoms with Crippen LogP contribution in [0.4, 0.5) is 4.39 Å². The van der Waals surface area contributed by atoms with Gasteiger partial charge in [0.15, 0.2) is 0 Å². The number of hydrogen-bond donors (Lipinski definition) is 1. The number of rotatable bonds is 5. The van der Waals surface area contributed by atoms with Crippen molar-refractivity contribution in [3.05, 3.63) is 34.6 Å². The monoisotopic (exact) mass is 285 g/mol. The Hall–Kier alpha value is -0.680. The van der Waals surface area contributed by atoms with Crippen LogP contribution >= 0.6 is 11.6 Å². The van der Waals surface area contributed by atoms with Crippen LogP contribution in [0.15, 0.2) is 18.2 Å². The van der Waals surface area contributed by atoms with Crippen LogP contribution in [0, 0.1) is 5.82 Å². The quantitative estimate of drug-likeness (QED) is 0.833. The van der Waals surface area contributed by atoms with Gasteiger partial charge in [0.1, 0.15) is 5.82 Å². The van der Waals surface area contributed by atoms with Crippen LogP contribution in [-0.4, -0.2) is 56.1 Å². The zero-order valence-electron chi connectivity index (χ0n) is 11.3. The van der Waals surface area contributed by atoms with Gasteiger partial charge in [0.05, 0.1) is 0 Å². The third kappa shape index (κ3) is 4.73. The number of nitrogens with one attached hydrogen (secondary N) is 1. The molecule has 1 fully saturated rings. The van der Waals surface area contributed by atoms with Crippen molar-refractivity contribution in [3.8, 4) is 0 Å². The van der Waals surface area contributed by atoms with Gasteiger partial charge in [-0.15, -0.1) is 0 Å². The summed E-state index contributed by atoms with van der Waals surface area (Å²) in [6.07, 6.45) is 0. The maximum atomic E-state index is 13.5. The molecule has 0 bridgehead atoms. The Kier molecular flexibility index (Phi) is 5.58. The lowest BCUT2D eigenvalue weighted by atomic mass is 10.2. The highest BCUT2D eigenvalue weighted by atomic mass is 35.5.